The maximum Gasteiger partial charge on any atom is 0.433 e. The second-order valence-corrected chi connectivity index (χ2v) is 4.04. The first kappa shape index (κ1) is 14.4. The lowest BCUT2D eigenvalue weighted by molar-refractivity contribution is -0.402. The van der Waals surface area contributed by atoms with Gasteiger partial charge in [-0.05, 0) is 37.3 Å². The molecule has 0 atom stereocenters. The van der Waals surface area contributed by atoms with Crippen LogP contribution in [0.5, 0.6) is 0 Å². The third-order valence-corrected chi connectivity index (χ3v) is 2.56. The first-order valence-corrected chi connectivity index (χ1v) is 5.82. The summed E-state index contributed by atoms with van der Waals surface area (Å²) in [6.45, 7) is 1.52. The molecular formula is C13H10FN3O4. The maximum atomic E-state index is 12.7. The molecule has 1 heterocycles. The second-order valence-electron chi connectivity index (χ2n) is 4.04. The van der Waals surface area contributed by atoms with Crippen LogP contribution in [0.4, 0.5) is 10.3 Å². The van der Waals surface area contributed by atoms with Gasteiger partial charge in [-0.3, -0.25) is 14.9 Å². The average Bonchev–Trinajstić information content (AvgIpc) is 2.95. The van der Waals surface area contributed by atoms with E-state index >= 15 is 0 Å². The lowest BCUT2D eigenvalue weighted by Crippen LogP contribution is -2.19. The molecule has 0 aliphatic rings. The van der Waals surface area contributed by atoms with Crippen molar-refractivity contribution in [1.29, 1.82) is 0 Å². The lowest BCUT2D eigenvalue weighted by atomic mass is 10.2. The van der Waals surface area contributed by atoms with Crippen molar-refractivity contribution in [2.75, 3.05) is 0 Å². The zero-order valence-electron chi connectivity index (χ0n) is 10.9. The number of rotatable bonds is 4. The summed E-state index contributed by atoms with van der Waals surface area (Å²) >= 11 is 0. The van der Waals surface area contributed by atoms with Gasteiger partial charge >= 0.3 is 5.88 Å². The van der Waals surface area contributed by atoms with Crippen LogP contribution in [0.15, 0.2) is 45.9 Å². The molecular weight excluding hydrogens is 281 g/mol. The molecule has 0 aliphatic carbocycles. The van der Waals surface area contributed by atoms with E-state index < -0.39 is 22.5 Å². The Balaban J connectivity index is 2.07. The van der Waals surface area contributed by atoms with Gasteiger partial charge in [-0.2, -0.15) is 5.10 Å². The van der Waals surface area contributed by atoms with Crippen molar-refractivity contribution in [2.24, 2.45) is 5.10 Å². The lowest BCUT2D eigenvalue weighted by Gasteiger charge is -2.00. The molecule has 0 radical (unpaired) electrons. The molecule has 1 aromatic heterocycles. The van der Waals surface area contributed by atoms with E-state index in [1.54, 1.807) is 0 Å². The summed E-state index contributed by atoms with van der Waals surface area (Å²) in [5, 5.41) is 14.3. The highest BCUT2D eigenvalue weighted by molar-refractivity contribution is 5.99. The number of nitrogens with zero attached hydrogens (tertiary/aromatic N) is 2. The number of halogens is 1. The summed E-state index contributed by atoms with van der Waals surface area (Å²) < 4.78 is 17.7. The van der Waals surface area contributed by atoms with Gasteiger partial charge in [-0.25, -0.2) is 9.82 Å². The molecule has 1 aromatic carbocycles. The van der Waals surface area contributed by atoms with E-state index in [0.29, 0.717) is 0 Å². The van der Waals surface area contributed by atoms with Crippen molar-refractivity contribution in [1.82, 2.24) is 5.43 Å². The highest BCUT2D eigenvalue weighted by Crippen LogP contribution is 2.16. The van der Waals surface area contributed by atoms with E-state index in [-0.39, 0.29) is 17.0 Å². The van der Waals surface area contributed by atoms with E-state index in [1.165, 1.54) is 31.2 Å². The Kier molecular flexibility index (Phi) is 4.07. The van der Waals surface area contributed by atoms with Crippen LogP contribution in [-0.4, -0.2) is 16.5 Å². The predicted molar refractivity (Wildman–Crippen MR) is 71.4 cm³/mol. The van der Waals surface area contributed by atoms with E-state index in [9.17, 15) is 19.3 Å². The Morgan fingerprint density at radius 2 is 1.95 bits per heavy atom. The molecule has 108 valence electrons. The number of carbonyl (C=O) groups is 1. The number of hydrogen-bond acceptors (Lipinski definition) is 5. The zero-order valence-corrected chi connectivity index (χ0v) is 10.9. The van der Waals surface area contributed by atoms with Crippen LogP contribution < -0.4 is 5.43 Å². The highest BCUT2D eigenvalue weighted by Gasteiger charge is 2.13. The first-order chi connectivity index (χ1) is 9.97. The fraction of sp³-hybridized carbons (Fsp3) is 0.0769. The predicted octanol–water partition coefficient (Wildman–Crippen LogP) is 2.48. The van der Waals surface area contributed by atoms with Crippen molar-refractivity contribution in [3.05, 3.63) is 63.7 Å². The monoisotopic (exact) mass is 291 g/mol. The smallest absolute Gasteiger partial charge is 0.399 e. The fourth-order valence-corrected chi connectivity index (χ4v) is 1.48. The Bertz CT molecular complexity index is 706. The Morgan fingerprint density at radius 3 is 2.52 bits per heavy atom. The van der Waals surface area contributed by atoms with Crippen molar-refractivity contribution in [2.45, 2.75) is 6.92 Å². The molecule has 7 nitrogen and oxygen atoms in total. The molecule has 1 N–H and O–H groups in total. The summed E-state index contributed by atoms with van der Waals surface area (Å²) in [6, 6.07) is 7.50. The standard InChI is InChI=1S/C13H10FN3O4/c1-8(11-6-7-12(21-11)17(19)20)15-16-13(18)9-2-4-10(14)5-3-9/h2-7H,1H3,(H,16,18)/b15-8-. The van der Waals surface area contributed by atoms with E-state index in [2.05, 4.69) is 10.5 Å². The van der Waals surface area contributed by atoms with Crippen molar-refractivity contribution in [3.63, 3.8) is 0 Å². The Labute approximate surface area is 118 Å². The van der Waals surface area contributed by atoms with Crippen LogP contribution >= 0.6 is 0 Å². The highest BCUT2D eigenvalue weighted by atomic mass is 19.1. The number of hydrazone groups is 1. The molecule has 2 rings (SSSR count). The zero-order chi connectivity index (χ0) is 15.4. The topological polar surface area (TPSA) is 97.7 Å². The van der Waals surface area contributed by atoms with Crippen LogP contribution in [0.25, 0.3) is 0 Å². The van der Waals surface area contributed by atoms with Gasteiger partial charge in [0.1, 0.15) is 16.5 Å². The van der Waals surface area contributed by atoms with Gasteiger partial charge in [0, 0.05) is 5.56 Å². The van der Waals surface area contributed by atoms with Crippen LogP contribution in [0.1, 0.15) is 23.0 Å². The second kappa shape index (κ2) is 5.95. The van der Waals surface area contributed by atoms with Crippen LogP contribution in [0.3, 0.4) is 0 Å². The van der Waals surface area contributed by atoms with Gasteiger partial charge in [-0.1, -0.05) is 0 Å². The number of nitro groups is 1. The molecule has 2 aromatic rings. The number of amides is 1. The molecule has 0 spiro atoms. The minimum Gasteiger partial charge on any atom is -0.399 e. The van der Waals surface area contributed by atoms with Crippen LogP contribution in [0.2, 0.25) is 0 Å². The van der Waals surface area contributed by atoms with Gasteiger partial charge in [0.25, 0.3) is 5.91 Å². The largest absolute Gasteiger partial charge is 0.433 e. The van der Waals surface area contributed by atoms with Crippen molar-refractivity contribution in [3.8, 4) is 0 Å². The van der Waals surface area contributed by atoms with E-state index in [4.69, 9.17) is 4.42 Å². The summed E-state index contributed by atoms with van der Waals surface area (Å²) in [5.41, 5.74) is 2.75. The molecule has 0 unspecified atom stereocenters. The van der Waals surface area contributed by atoms with Crippen LogP contribution in [0, 0.1) is 15.9 Å². The SMILES string of the molecule is C/C(=N/NC(=O)c1ccc(F)cc1)c1ccc([N+](=O)[O-])o1. The normalized spacial score (nSPS) is 11.2. The van der Waals surface area contributed by atoms with Gasteiger partial charge in [0.05, 0.1) is 6.07 Å². The number of carbonyl (C=O) groups excluding carboxylic acids is 1. The summed E-state index contributed by atoms with van der Waals surface area (Å²) in [4.78, 5) is 21.5. The third-order valence-electron chi connectivity index (χ3n) is 2.56. The van der Waals surface area contributed by atoms with Gasteiger partial charge < -0.3 is 4.42 Å². The van der Waals surface area contributed by atoms with E-state index in [1.807, 2.05) is 0 Å². The summed E-state index contributed by atoms with van der Waals surface area (Å²) in [6.07, 6.45) is 0. The number of hydrogen-bond donors (Lipinski definition) is 1. The minimum absolute atomic E-state index is 0.168. The first-order valence-electron chi connectivity index (χ1n) is 5.82. The quantitative estimate of drug-likeness (QED) is 0.531. The van der Waals surface area contributed by atoms with Gasteiger partial charge in [0.15, 0.2) is 5.76 Å². The van der Waals surface area contributed by atoms with Crippen molar-refractivity contribution < 1.29 is 18.5 Å². The molecule has 0 bridgehead atoms. The molecule has 0 fully saturated rings. The van der Waals surface area contributed by atoms with E-state index in [0.717, 1.165) is 12.1 Å². The number of nitrogens with one attached hydrogen (secondary N) is 1. The number of furan rings is 1. The third kappa shape index (κ3) is 3.50. The number of benzene rings is 1. The molecule has 0 saturated heterocycles. The Morgan fingerprint density at radius 1 is 1.29 bits per heavy atom. The molecule has 1 amide bonds. The summed E-state index contributed by atoms with van der Waals surface area (Å²) in [5.74, 6) is -1.23. The van der Waals surface area contributed by atoms with Crippen molar-refractivity contribution >= 4 is 17.5 Å². The molecule has 0 saturated carbocycles. The maximum absolute atomic E-state index is 12.7. The minimum atomic E-state index is -0.673. The Hall–Kier alpha value is -3.03. The fourth-order valence-electron chi connectivity index (χ4n) is 1.48. The van der Waals surface area contributed by atoms with Crippen LogP contribution in [-0.2, 0) is 0 Å². The van der Waals surface area contributed by atoms with Gasteiger partial charge in [-0.15, -0.1) is 0 Å². The molecule has 0 aliphatic heterocycles. The average molecular weight is 291 g/mol. The summed E-state index contributed by atoms with van der Waals surface area (Å²) in [7, 11) is 0. The molecule has 8 heteroatoms. The molecule has 21 heavy (non-hydrogen) atoms. The van der Waals surface area contributed by atoms with Gasteiger partial charge in [0.2, 0.25) is 0 Å².